The molecule has 0 aliphatic carbocycles. The summed E-state index contributed by atoms with van der Waals surface area (Å²) in [5.74, 6) is 0.768. The molecule has 0 aliphatic heterocycles. The second kappa shape index (κ2) is 10.4. The van der Waals surface area contributed by atoms with Crippen molar-refractivity contribution in [2.75, 3.05) is 0 Å². The number of aryl methyl sites for hydroxylation is 1. The summed E-state index contributed by atoms with van der Waals surface area (Å²) in [4.78, 5) is 4.56. The lowest BCUT2D eigenvalue weighted by Crippen LogP contribution is -2.27. The van der Waals surface area contributed by atoms with Crippen molar-refractivity contribution in [3.63, 3.8) is 0 Å². The summed E-state index contributed by atoms with van der Waals surface area (Å²) in [6.45, 7) is 12.7. The minimum atomic E-state index is 0.367. The quantitative estimate of drug-likeness (QED) is 0.369. The molecule has 0 aliphatic rings. The van der Waals surface area contributed by atoms with E-state index in [0.29, 0.717) is 23.7 Å². The van der Waals surface area contributed by atoms with E-state index in [9.17, 15) is 0 Å². The van der Waals surface area contributed by atoms with Crippen molar-refractivity contribution in [2.45, 2.75) is 27.0 Å². The number of hydrogen-bond acceptors (Lipinski definition) is 4. The number of benzene rings is 2. The number of aromatic nitrogens is 3. The molecule has 0 spiro atoms. The summed E-state index contributed by atoms with van der Waals surface area (Å²) in [5.41, 5.74) is 6.33. The maximum atomic E-state index is 9.14. The van der Waals surface area contributed by atoms with E-state index in [0.717, 1.165) is 50.1 Å². The molecule has 4 rings (SSSR count). The molecule has 0 unspecified atom stereocenters. The van der Waals surface area contributed by atoms with Crippen molar-refractivity contribution in [1.29, 1.82) is 5.26 Å². The van der Waals surface area contributed by atoms with Crippen molar-refractivity contribution in [3.05, 3.63) is 111 Å². The molecule has 2 heterocycles. The van der Waals surface area contributed by atoms with Gasteiger partial charge in [-0.25, -0.2) is 4.98 Å². The van der Waals surface area contributed by atoms with Crippen LogP contribution in [-0.2, 0) is 13.2 Å². The van der Waals surface area contributed by atoms with E-state index in [-0.39, 0.29) is 0 Å². The third-order valence-electron chi connectivity index (χ3n) is 5.75. The maximum Gasteiger partial charge on any atom is 0.130 e. The van der Waals surface area contributed by atoms with Gasteiger partial charge in [0.1, 0.15) is 18.4 Å². The molecule has 0 amide bonds. The van der Waals surface area contributed by atoms with Gasteiger partial charge in [-0.15, -0.1) is 0 Å². The summed E-state index contributed by atoms with van der Waals surface area (Å²) in [7, 11) is 0. The fraction of sp³-hybridized carbons (Fsp3) is 0.138. The summed E-state index contributed by atoms with van der Waals surface area (Å²) >= 11 is 6.26. The van der Waals surface area contributed by atoms with Crippen LogP contribution in [-0.4, -0.2) is 14.8 Å². The Hall–Kier alpha value is -4.14. The number of allylic oxidation sites excluding steroid dienone is 1. The normalized spacial score (nSPS) is 11.3. The highest BCUT2D eigenvalue weighted by Gasteiger charge is 2.15. The number of rotatable bonds is 7. The Morgan fingerprint density at radius 2 is 1.89 bits per heavy atom. The van der Waals surface area contributed by atoms with Crippen LogP contribution in [0.3, 0.4) is 0 Å². The first-order valence-corrected chi connectivity index (χ1v) is 11.5. The molecular weight excluding hydrogens is 456 g/mol. The third kappa shape index (κ3) is 5.34. The van der Waals surface area contributed by atoms with Gasteiger partial charge >= 0.3 is 0 Å². The average molecular weight is 481 g/mol. The maximum absolute atomic E-state index is 9.14. The van der Waals surface area contributed by atoms with Gasteiger partial charge in [-0.3, -0.25) is 4.68 Å². The van der Waals surface area contributed by atoms with Gasteiger partial charge in [0.15, 0.2) is 0 Å². The molecule has 2 aromatic carbocycles. The number of pyridine rings is 1. The smallest absolute Gasteiger partial charge is 0.130 e. The number of nitrogens with zero attached hydrogens (tertiary/aromatic N) is 4. The van der Waals surface area contributed by atoms with Crippen LogP contribution in [0.5, 0.6) is 5.75 Å². The fourth-order valence-electron chi connectivity index (χ4n) is 3.93. The Kier molecular flexibility index (Phi) is 7.14. The molecule has 0 radical (unpaired) electrons. The lowest BCUT2D eigenvalue weighted by atomic mass is 10.0. The standard InChI is InChI=1S/C29H25ClN4O/c1-5-6-28-19(2)7-12-25(32-28)18-35-26-13-8-22(9-14-26)17-34-21(4)29(20(3)33-34)23-10-11-24(16-31)27(30)15-23/h5-15H,1-2,17-18H2,3-4H3/b28-6+. The average Bonchev–Trinajstić information content (AvgIpc) is 3.13. The van der Waals surface area contributed by atoms with Crippen molar-refractivity contribution < 1.29 is 4.74 Å². The van der Waals surface area contributed by atoms with Gasteiger partial charge in [-0.05, 0) is 66.6 Å². The molecule has 0 bridgehead atoms. The van der Waals surface area contributed by atoms with Gasteiger partial charge in [-0.1, -0.05) is 55.1 Å². The van der Waals surface area contributed by atoms with E-state index in [1.54, 1.807) is 12.1 Å². The van der Waals surface area contributed by atoms with E-state index in [2.05, 4.69) is 24.2 Å². The van der Waals surface area contributed by atoms with Gasteiger partial charge in [-0.2, -0.15) is 10.4 Å². The molecule has 0 saturated heterocycles. The minimum absolute atomic E-state index is 0.367. The highest BCUT2D eigenvalue weighted by atomic mass is 35.5. The Bertz CT molecular complexity index is 1550. The lowest BCUT2D eigenvalue weighted by molar-refractivity contribution is 0.301. The number of ether oxygens (including phenoxy) is 1. The van der Waals surface area contributed by atoms with Gasteiger partial charge < -0.3 is 4.74 Å². The van der Waals surface area contributed by atoms with Crippen molar-refractivity contribution in [2.24, 2.45) is 0 Å². The lowest BCUT2D eigenvalue weighted by Gasteiger charge is -2.09. The van der Waals surface area contributed by atoms with E-state index >= 15 is 0 Å². The molecule has 0 saturated carbocycles. The molecule has 4 aromatic rings. The Balaban J connectivity index is 1.47. The van der Waals surface area contributed by atoms with Crippen LogP contribution in [0.15, 0.2) is 67.3 Å². The monoisotopic (exact) mass is 480 g/mol. The summed E-state index contributed by atoms with van der Waals surface area (Å²) in [6, 6.07) is 19.4. The second-order valence-electron chi connectivity index (χ2n) is 8.19. The number of halogens is 1. The first kappa shape index (κ1) is 24.0. The van der Waals surface area contributed by atoms with E-state index in [4.69, 9.17) is 26.7 Å². The number of nitriles is 1. The van der Waals surface area contributed by atoms with Crippen LogP contribution in [0, 0.1) is 25.2 Å². The van der Waals surface area contributed by atoms with Crippen LogP contribution < -0.4 is 15.3 Å². The Morgan fingerprint density at radius 1 is 1.11 bits per heavy atom. The molecule has 174 valence electrons. The van der Waals surface area contributed by atoms with Crippen LogP contribution in [0.25, 0.3) is 23.8 Å². The van der Waals surface area contributed by atoms with Gasteiger partial charge in [0.05, 0.1) is 33.9 Å². The van der Waals surface area contributed by atoms with E-state index in [1.165, 1.54) is 0 Å². The molecule has 6 heteroatoms. The Morgan fingerprint density at radius 3 is 2.57 bits per heavy atom. The van der Waals surface area contributed by atoms with E-state index < -0.39 is 0 Å². The van der Waals surface area contributed by atoms with Gasteiger partial charge in [0, 0.05) is 11.3 Å². The predicted octanol–water partition coefficient (Wildman–Crippen LogP) is 5.09. The predicted molar refractivity (Wildman–Crippen MR) is 140 cm³/mol. The van der Waals surface area contributed by atoms with Crippen LogP contribution >= 0.6 is 11.6 Å². The zero-order chi connectivity index (χ0) is 24.9. The zero-order valence-electron chi connectivity index (χ0n) is 19.8. The van der Waals surface area contributed by atoms with Gasteiger partial charge in [0.25, 0.3) is 0 Å². The molecule has 0 N–H and O–H groups in total. The number of hydrogen-bond donors (Lipinski definition) is 0. The first-order valence-electron chi connectivity index (χ1n) is 11.1. The van der Waals surface area contributed by atoms with Crippen molar-refractivity contribution >= 4 is 24.3 Å². The van der Waals surface area contributed by atoms with Crippen LogP contribution in [0.4, 0.5) is 0 Å². The van der Waals surface area contributed by atoms with Crippen LogP contribution in [0.2, 0.25) is 5.02 Å². The topological polar surface area (TPSA) is 63.7 Å². The largest absolute Gasteiger partial charge is 0.487 e. The highest BCUT2D eigenvalue weighted by Crippen LogP contribution is 2.30. The second-order valence-corrected chi connectivity index (χ2v) is 8.60. The minimum Gasteiger partial charge on any atom is -0.487 e. The molecule has 2 aromatic heterocycles. The molecule has 35 heavy (non-hydrogen) atoms. The molecular formula is C29H25ClN4O. The van der Waals surface area contributed by atoms with Crippen molar-refractivity contribution in [1.82, 2.24) is 14.8 Å². The Labute approximate surface area is 209 Å². The SMILES string of the molecule is C=C/C=c1/nc(COc2ccc(Cn3nc(C)c(-c4ccc(C#N)c(Cl)c4)c3C)cc2)ccc1=C. The highest BCUT2D eigenvalue weighted by molar-refractivity contribution is 6.32. The fourth-order valence-corrected chi connectivity index (χ4v) is 4.16. The van der Waals surface area contributed by atoms with Crippen LogP contribution in [0.1, 0.15) is 28.2 Å². The summed E-state index contributed by atoms with van der Waals surface area (Å²) < 4.78 is 7.91. The van der Waals surface area contributed by atoms with Crippen molar-refractivity contribution in [3.8, 4) is 22.9 Å². The summed E-state index contributed by atoms with van der Waals surface area (Å²) in [6.07, 6.45) is 3.53. The third-order valence-corrected chi connectivity index (χ3v) is 6.06. The summed E-state index contributed by atoms with van der Waals surface area (Å²) in [5, 5.41) is 16.0. The molecule has 0 fully saturated rings. The van der Waals surface area contributed by atoms with Gasteiger partial charge in [0.2, 0.25) is 0 Å². The van der Waals surface area contributed by atoms with E-state index in [1.807, 2.05) is 73.1 Å². The molecule has 0 atom stereocenters. The molecule has 5 nitrogen and oxygen atoms in total. The zero-order valence-corrected chi connectivity index (χ0v) is 20.5. The first-order chi connectivity index (χ1) is 16.9.